The second kappa shape index (κ2) is 14.7. The van der Waals surface area contributed by atoms with Gasteiger partial charge < -0.3 is 4.42 Å². The van der Waals surface area contributed by atoms with E-state index in [2.05, 4.69) is 197 Å². The van der Waals surface area contributed by atoms with Gasteiger partial charge in [0.15, 0.2) is 5.42 Å². The Bertz CT molecular complexity index is 2770. The summed E-state index contributed by atoms with van der Waals surface area (Å²) in [6, 6.07) is 63.2. The summed E-state index contributed by atoms with van der Waals surface area (Å²) in [5.41, 5.74) is 17.5. The number of para-hydroxylation sites is 1. The summed E-state index contributed by atoms with van der Waals surface area (Å²) >= 11 is 0. The predicted octanol–water partition coefficient (Wildman–Crippen LogP) is 13.1. The fourth-order valence-electron chi connectivity index (χ4n) is 8.45. The number of aryl methyl sites for hydroxylation is 1. The van der Waals surface area contributed by atoms with Crippen molar-refractivity contribution in [1.82, 2.24) is 0 Å². The average molecular weight is 710 g/mol. The van der Waals surface area contributed by atoms with Crippen molar-refractivity contribution in [3.05, 3.63) is 209 Å². The number of benzene rings is 7. The molecule has 2 atom stereocenters. The van der Waals surface area contributed by atoms with E-state index in [1.165, 1.54) is 72.3 Å². The van der Waals surface area contributed by atoms with Crippen LogP contribution in [0.2, 0.25) is 0 Å². The maximum Gasteiger partial charge on any atom is 0.157 e. The van der Waals surface area contributed by atoms with Gasteiger partial charge in [0.05, 0.1) is 6.04 Å². The molecule has 0 saturated heterocycles. The van der Waals surface area contributed by atoms with E-state index in [0.717, 1.165) is 28.2 Å². The normalized spacial score (nSPS) is 15.5. The molecule has 0 fully saturated rings. The molecule has 0 amide bonds. The molecule has 266 valence electrons. The molecule has 1 aliphatic heterocycles. The first-order chi connectivity index (χ1) is 27.1. The van der Waals surface area contributed by atoms with Crippen molar-refractivity contribution < 1.29 is 4.42 Å². The average Bonchev–Trinajstić information content (AvgIpc) is 3.63. The van der Waals surface area contributed by atoms with Crippen LogP contribution in [0.4, 0.5) is 0 Å². The standard InChI is InChI=1S/C53H43NO/c1-4-45(47-27-13-12-18-35(47)3)50-46(5-2)51(54-52-48-28-14-15-29-49(48)55-53(50)52)41-26-17-24-39(31-41)38-23-16-25-40(30-38)44-33-42(36-19-8-6-9-20-36)32-43(34-44)37-21-10-7-11-22-37/h4,6-34,46,51H,5H2,1-3H3. The van der Waals surface area contributed by atoms with Gasteiger partial charge in [-0.05, 0) is 130 Å². The maximum absolute atomic E-state index is 6.71. The van der Waals surface area contributed by atoms with Crippen LogP contribution < -0.4 is 10.8 Å². The van der Waals surface area contributed by atoms with E-state index in [1.807, 2.05) is 6.07 Å². The first-order valence-corrected chi connectivity index (χ1v) is 19.4. The molecule has 0 N–H and O–H groups in total. The lowest BCUT2D eigenvalue weighted by molar-refractivity contribution is 0.476. The molecule has 2 unspecified atom stereocenters. The van der Waals surface area contributed by atoms with Gasteiger partial charge in [0, 0.05) is 16.9 Å². The van der Waals surface area contributed by atoms with Crippen LogP contribution in [-0.2, 0) is 0 Å². The van der Waals surface area contributed by atoms with Crippen LogP contribution in [0.5, 0.6) is 0 Å². The third kappa shape index (κ3) is 6.44. The number of furan rings is 1. The summed E-state index contributed by atoms with van der Waals surface area (Å²) in [6.45, 7) is 6.63. The molecule has 7 aromatic carbocycles. The molecule has 0 saturated carbocycles. The summed E-state index contributed by atoms with van der Waals surface area (Å²) in [7, 11) is 0. The van der Waals surface area contributed by atoms with Crippen molar-refractivity contribution in [2.24, 2.45) is 10.9 Å². The first-order valence-electron chi connectivity index (χ1n) is 19.4. The van der Waals surface area contributed by atoms with Crippen LogP contribution in [0.1, 0.15) is 43.0 Å². The topological polar surface area (TPSA) is 25.5 Å². The lowest BCUT2D eigenvalue weighted by Gasteiger charge is -2.30. The Kier molecular flexibility index (Phi) is 9.17. The second-order valence-electron chi connectivity index (χ2n) is 14.5. The minimum Gasteiger partial charge on any atom is -0.454 e. The molecule has 0 spiro atoms. The minimum atomic E-state index is -0.0772. The molecule has 55 heavy (non-hydrogen) atoms. The molecule has 1 aliphatic rings. The highest BCUT2D eigenvalue weighted by molar-refractivity contribution is 6.00. The molecule has 0 radical (unpaired) electrons. The Hall–Kier alpha value is -6.51. The van der Waals surface area contributed by atoms with Crippen molar-refractivity contribution in [2.75, 3.05) is 0 Å². The van der Waals surface area contributed by atoms with Gasteiger partial charge in [-0.2, -0.15) is 0 Å². The van der Waals surface area contributed by atoms with Gasteiger partial charge in [-0.15, -0.1) is 0 Å². The van der Waals surface area contributed by atoms with Crippen LogP contribution in [0.3, 0.4) is 0 Å². The zero-order valence-corrected chi connectivity index (χ0v) is 31.5. The fraction of sp³-hybridized carbons (Fsp3) is 0.113. The molecule has 2 heterocycles. The Morgan fingerprint density at radius 2 is 1.09 bits per heavy atom. The van der Waals surface area contributed by atoms with E-state index in [9.17, 15) is 0 Å². The van der Waals surface area contributed by atoms with Crippen LogP contribution in [-0.4, -0.2) is 0 Å². The van der Waals surface area contributed by atoms with E-state index in [0.29, 0.717) is 0 Å². The Labute approximate surface area is 323 Å². The smallest absolute Gasteiger partial charge is 0.157 e. The molecule has 0 bridgehead atoms. The van der Waals surface area contributed by atoms with Gasteiger partial charge in [-0.1, -0.05) is 146 Å². The predicted molar refractivity (Wildman–Crippen MR) is 230 cm³/mol. The molecule has 2 heteroatoms. The molecule has 8 aromatic rings. The van der Waals surface area contributed by atoms with E-state index >= 15 is 0 Å². The Morgan fingerprint density at radius 3 is 1.75 bits per heavy atom. The number of rotatable bonds is 8. The molecule has 9 rings (SSSR count). The van der Waals surface area contributed by atoms with Gasteiger partial charge in [0.1, 0.15) is 10.9 Å². The number of fused-ring (bicyclic) bond motifs is 3. The van der Waals surface area contributed by atoms with Crippen molar-refractivity contribution in [2.45, 2.75) is 33.2 Å². The zero-order chi connectivity index (χ0) is 37.3. The van der Waals surface area contributed by atoms with Gasteiger partial charge in [0.25, 0.3) is 0 Å². The molecule has 0 aliphatic carbocycles. The SMILES string of the molecule is CC=C(C1=c2oc3ccccc3c2=NC(c2cccc(-c3cccc(-c4cc(-c5ccccc5)cc(-c5ccccc5)c4)c3)c2)C1CC)c1ccccc1C. The molecule has 1 aromatic heterocycles. The van der Waals surface area contributed by atoms with E-state index < -0.39 is 0 Å². The molecular formula is C53H43NO. The number of nitrogens with zero attached hydrogens (tertiary/aromatic N) is 1. The van der Waals surface area contributed by atoms with Crippen LogP contribution in [0, 0.1) is 12.8 Å². The summed E-state index contributed by atoms with van der Waals surface area (Å²) in [5, 5.41) is 2.01. The number of hydrogen-bond acceptors (Lipinski definition) is 2. The maximum atomic E-state index is 6.71. The molecular weight excluding hydrogens is 667 g/mol. The van der Waals surface area contributed by atoms with Crippen LogP contribution in [0.25, 0.3) is 66.6 Å². The quantitative estimate of drug-likeness (QED) is 0.154. The van der Waals surface area contributed by atoms with Crippen LogP contribution >= 0.6 is 0 Å². The van der Waals surface area contributed by atoms with E-state index in [1.54, 1.807) is 0 Å². The summed E-state index contributed by atoms with van der Waals surface area (Å²) in [5.74, 6) is 0.123. The third-order valence-electron chi connectivity index (χ3n) is 11.2. The van der Waals surface area contributed by atoms with Crippen molar-refractivity contribution in [3.8, 4) is 44.5 Å². The van der Waals surface area contributed by atoms with E-state index in [-0.39, 0.29) is 12.0 Å². The van der Waals surface area contributed by atoms with Gasteiger partial charge >= 0.3 is 0 Å². The summed E-state index contributed by atoms with van der Waals surface area (Å²) in [4.78, 5) is 5.57. The van der Waals surface area contributed by atoms with Gasteiger partial charge in [-0.3, -0.25) is 4.99 Å². The lowest BCUT2D eigenvalue weighted by Crippen LogP contribution is -2.35. The Morgan fingerprint density at radius 1 is 0.564 bits per heavy atom. The van der Waals surface area contributed by atoms with Crippen molar-refractivity contribution in [1.29, 1.82) is 0 Å². The van der Waals surface area contributed by atoms with Crippen molar-refractivity contribution in [3.63, 3.8) is 0 Å². The van der Waals surface area contributed by atoms with Crippen molar-refractivity contribution >= 4 is 22.1 Å². The third-order valence-corrected chi connectivity index (χ3v) is 11.2. The molecule has 2 nitrogen and oxygen atoms in total. The van der Waals surface area contributed by atoms with Crippen LogP contribution in [0.15, 0.2) is 191 Å². The summed E-state index contributed by atoms with van der Waals surface area (Å²) < 4.78 is 6.71. The largest absolute Gasteiger partial charge is 0.454 e. The Balaban J connectivity index is 1.16. The monoisotopic (exact) mass is 709 g/mol. The van der Waals surface area contributed by atoms with Gasteiger partial charge in [-0.25, -0.2) is 0 Å². The summed E-state index contributed by atoms with van der Waals surface area (Å²) in [6.07, 6.45) is 3.18. The van der Waals surface area contributed by atoms with E-state index in [4.69, 9.17) is 9.41 Å². The second-order valence-corrected chi connectivity index (χ2v) is 14.5. The number of allylic oxidation sites excluding steroid dienone is 2. The first kappa shape index (κ1) is 34.3. The lowest BCUT2D eigenvalue weighted by atomic mass is 9.77. The minimum absolute atomic E-state index is 0.0772. The van der Waals surface area contributed by atoms with Gasteiger partial charge in [0.2, 0.25) is 0 Å². The highest BCUT2D eigenvalue weighted by atomic mass is 16.3. The zero-order valence-electron chi connectivity index (χ0n) is 31.5. The fourth-order valence-corrected chi connectivity index (χ4v) is 8.45. The number of hydrogen-bond donors (Lipinski definition) is 0. The highest BCUT2D eigenvalue weighted by Crippen LogP contribution is 2.43. The highest BCUT2D eigenvalue weighted by Gasteiger charge is 2.33.